The highest BCUT2D eigenvalue weighted by Gasteiger charge is 2.15. The predicted molar refractivity (Wildman–Crippen MR) is 76.8 cm³/mol. The van der Waals surface area contributed by atoms with Gasteiger partial charge >= 0.3 is 0 Å². The molecule has 1 atom stereocenters. The molecule has 2 aromatic carbocycles. The predicted octanol–water partition coefficient (Wildman–Crippen LogP) is 3.94. The molecule has 0 spiro atoms. The van der Waals surface area contributed by atoms with E-state index in [1.807, 2.05) is 19.1 Å². The van der Waals surface area contributed by atoms with Crippen molar-refractivity contribution in [1.29, 1.82) is 0 Å². The second kappa shape index (κ2) is 6.32. The number of non-ortho nitro benzene ring substituents is 1. The SMILES string of the molecule is CC[C@@H](N)c1ccccc1Oc1ccc([N+](=O)[O-])cc1F. The van der Waals surface area contributed by atoms with Gasteiger partial charge in [-0.3, -0.25) is 10.1 Å². The molecule has 5 nitrogen and oxygen atoms in total. The number of hydrogen-bond donors (Lipinski definition) is 1. The lowest BCUT2D eigenvalue weighted by molar-refractivity contribution is -0.385. The molecule has 0 radical (unpaired) electrons. The first-order valence-electron chi connectivity index (χ1n) is 6.49. The van der Waals surface area contributed by atoms with E-state index >= 15 is 0 Å². The maximum atomic E-state index is 13.9. The van der Waals surface area contributed by atoms with Gasteiger partial charge in [0.05, 0.1) is 11.0 Å². The summed E-state index contributed by atoms with van der Waals surface area (Å²) in [5.41, 5.74) is 6.43. The Morgan fingerprint density at radius 3 is 2.62 bits per heavy atom. The van der Waals surface area contributed by atoms with E-state index in [4.69, 9.17) is 10.5 Å². The normalized spacial score (nSPS) is 12.0. The molecule has 21 heavy (non-hydrogen) atoms. The summed E-state index contributed by atoms with van der Waals surface area (Å²) in [5, 5.41) is 10.6. The van der Waals surface area contributed by atoms with Gasteiger partial charge in [-0.05, 0) is 18.6 Å². The Labute approximate surface area is 121 Å². The zero-order valence-electron chi connectivity index (χ0n) is 11.5. The number of para-hydroxylation sites is 1. The summed E-state index contributed by atoms with van der Waals surface area (Å²) in [5.74, 6) is -0.417. The summed E-state index contributed by atoms with van der Waals surface area (Å²) in [6.45, 7) is 1.94. The van der Waals surface area contributed by atoms with Crippen LogP contribution in [0.25, 0.3) is 0 Å². The molecule has 0 amide bonds. The van der Waals surface area contributed by atoms with E-state index in [1.54, 1.807) is 12.1 Å². The van der Waals surface area contributed by atoms with E-state index in [-0.39, 0.29) is 17.5 Å². The number of nitrogens with two attached hydrogens (primary N) is 1. The van der Waals surface area contributed by atoms with Crippen LogP contribution in [-0.4, -0.2) is 4.92 Å². The number of nitro groups is 1. The monoisotopic (exact) mass is 290 g/mol. The number of nitrogens with zero attached hydrogens (tertiary/aromatic N) is 1. The lowest BCUT2D eigenvalue weighted by Gasteiger charge is -2.15. The molecular formula is C15H15FN2O3. The highest BCUT2D eigenvalue weighted by Crippen LogP contribution is 2.32. The fraction of sp³-hybridized carbons (Fsp3) is 0.200. The molecule has 2 aromatic rings. The van der Waals surface area contributed by atoms with Gasteiger partial charge in [0.15, 0.2) is 11.6 Å². The molecule has 0 saturated carbocycles. The van der Waals surface area contributed by atoms with Crippen molar-refractivity contribution in [1.82, 2.24) is 0 Å². The third-order valence-corrected chi connectivity index (χ3v) is 3.10. The number of halogens is 1. The van der Waals surface area contributed by atoms with Crippen molar-refractivity contribution in [3.63, 3.8) is 0 Å². The third kappa shape index (κ3) is 3.35. The van der Waals surface area contributed by atoms with Crippen molar-refractivity contribution in [2.24, 2.45) is 5.73 Å². The molecule has 2 N–H and O–H groups in total. The number of benzene rings is 2. The zero-order valence-corrected chi connectivity index (χ0v) is 11.5. The van der Waals surface area contributed by atoms with Gasteiger partial charge in [0, 0.05) is 17.7 Å². The fourth-order valence-electron chi connectivity index (χ4n) is 1.90. The van der Waals surface area contributed by atoms with Gasteiger partial charge in [-0.2, -0.15) is 0 Å². The number of hydrogen-bond acceptors (Lipinski definition) is 4. The Bertz CT molecular complexity index is 661. The quantitative estimate of drug-likeness (QED) is 0.668. The van der Waals surface area contributed by atoms with E-state index in [0.717, 1.165) is 11.6 Å². The van der Waals surface area contributed by atoms with Crippen LogP contribution in [0.4, 0.5) is 10.1 Å². The van der Waals surface area contributed by atoms with Gasteiger partial charge in [-0.1, -0.05) is 25.1 Å². The summed E-state index contributed by atoms with van der Waals surface area (Å²) < 4.78 is 19.4. The van der Waals surface area contributed by atoms with Crippen molar-refractivity contribution >= 4 is 5.69 Å². The minimum atomic E-state index is -0.788. The highest BCUT2D eigenvalue weighted by molar-refractivity contribution is 5.43. The summed E-state index contributed by atoms with van der Waals surface area (Å²) in [6.07, 6.45) is 0.711. The Kier molecular flexibility index (Phi) is 4.49. The van der Waals surface area contributed by atoms with E-state index in [0.29, 0.717) is 12.2 Å². The number of rotatable bonds is 5. The average Bonchev–Trinajstić information content (AvgIpc) is 2.49. The summed E-state index contributed by atoms with van der Waals surface area (Å²) in [7, 11) is 0. The van der Waals surface area contributed by atoms with Crippen LogP contribution in [0.1, 0.15) is 24.9 Å². The third-order valence-electron chi connectivity index (χ3n) is 3.10. The second-order valence-electron chi connectivity index (χ2n) is 4.53. The summed E-state index contributed by atoms with van der Waals surface area (Å²) in [6, 6.07) is 10.1. The van der Waals surface area contributed by atoms with Crippen LogP contribution in [0.5, 0.6) is 11.5 Å². The van der Waals surface area contributed by atoms with Crippen LogP contribution < -0.4 is 10.5 Å². The molecule has 0 unspecified atom stereocenters. The minimum absolute atomic E-state index is 0.0728. The first kappa shape index (κ1) is 14.9. The topological polar surface area (TPSA) is 78.4 Å². The molecule has 0 aliphatic carbocycles. The van der Waals surface area contributed by atoms with Crippen LogP contribution in [-0.2, 0) is 0 Å². The Balaban J connectivity index is 2.33. The largest absolute Gasteiger partial charge is 0.454 e. The standard InChI is InChI=1S/C15H15FN2O3/c1-2-13(17)11-5-3-4-6-14(11)21-15-8-7-10(18(19)20)9-12(15)16/h3-9,13H,2,17H2,1H3/t13-/m1/s1. The van der Waals surface area contributed by atoms with Crippen molar-refractivity contribution in [3.05, 3.63) is 64.0 Å². The Hall–Kier alpha value is -2.47. The first-order valence-corrected chi connectivity index (χ1v) is 6.49. The van der Waals surface area contributed by atoms with Gasteiger partial charge in [0.2, 0.25) is 0 Å². The number of ether oxygens (including phenoxy) is 1. The molecule has 2 rings (SSSR count). The molecule has 6 heteroatoms. The minimum Gasteiger partial charge on any atom is -0.454 e. The lowest BCUT2D eigenvalue weighted by Crippen LogP contribution is -2.09. The van der Waals surface area contributed by atoms with Crippen molar-refractivity contribution in [2.45, 2.75) is 19.4 Å². The molecule has 0 heterocycles. The Morgan fingerprint density at radius 2 is 2.00 bits per heavy atom. The van der Waals surface area contributed by atoms with Crippen LogP contribution in [0.15, 0.2) is 42.5 Å². The molecule has 0 aromatic heterocycles. The second-order valence-corrected chi connectivity index (χ2v) is 4.53. The molecule has 0 aliphatic rings. The van der Waals surface area contributed by atoms with Crippen molar-refractivity contribution in [3.8, 4) is 11.5 Å². The van der Waals surface area contributed by atoms with E-state index in [9.17, 15) is 14.5 Å². The van der Waals surface area contributed by atoms with Crippen LogP contribution in [0.3, 0.4) is 0 Å². The smallest absolute Gasteiger partial charge is 0.272 e. The molecule has 0 aliphatic heterocycles. The van der Waals surface area contributed by atoms with E-state index < -0.39 is 10.7 Å². The van der Waals surface area contributed by atoms with Crippen molar-refractivity contribution in [2.75, 3.05) is 0 Å². The molecule has 0 bridgehead atoms. The first-order chi connectivity index (χ1) is 10.0. The van der Waals surface area contributed by atoms with E-state index in [2.05, 4.69) is 0 Å². The van der Waals surface area contributed by atoms with Crippen LogP contribution in [0.2, 0.25) is 0 Å². The maximum absolute atomic E-state index is 13.9. The van der Waals surface area contributed by atoms with Crippen LogP contribution in [0, 0.1) is 15.9 Å². The summed E-state index contributed by atoms with van der Waals surface area (Å²) in [4.78, 5) is 9.93. The van der Waals surface area contributed by atoms with Gasteiger partial charge in [0.25, 0.3) is 5.69 Å². The Morgan fingerprint density at radius 1 is 1.29 bits per heavy atom. The molecule has 0 fully saturated rings. The summed E-state index contributed by atoms with van der Waals surface area (Å²) >= 11 is 0. The van der Waals surface area contributed by atoms with Gasteiger partial charge in [-0.25, -0.2) is 4.39 Å². The lowest BCUT2D eigenvalue weighted by atomic mass is 10.0. The maximum Gasteiger partial charge on any atom is 0.272 e. The highest BCUT2D eigenvalue weighted by atomic mass is 19.1. The van der Waals surface area contributed by atoms with Crippen LogP contribution >= 0.6 is 0 Å². The fourth-order valence-corrected chi connectivity index (χ4v) is 1.90. The zero-order chi connectivity index (χ0) is 15.4. The molecule has 110 valence electrons. The van der Waals surface area contributed by atoms with Gasteiger partial charge in [0.1, 0.15) is 5.75 Å². The van der Waals surface area contributed by atoms with Gasteiger partial charge in [-0.15, -0.1) is 0 Å². The number of nitro benzene ring substituents is 1. The molecular weight excluding hydrogens is 275 g/mol. The van der Waals surface area contributed by atoms with Crippen molar-refractivity contribution < 1.29 is 14.1 Å². The van der Waals surface area contributed by atoms with Gasteiger partial charge < -0.3 is 10.5 Å². The van der Waals surface area contributed by atoms with E-state index in [1.165, 1.54) is 12.1 Å². The average molecular weight is 290 g/mol. The molecule has 0 saturated heterocycles.